The van der Waals surface area contributed by atoms with Crippen LogP contribution in [0.25, 0.3) is 11.3 Å². The second kappa shape index (κ2) is 8.46. The number of aromatic amines is 1. The van der Waals surface area contributed by atoms with E-state index in [1.165, 1.54) is 0 Å². The van der Waals surface area contributed by atoms with Crippen LogP contribution in [0.3, 0.4) is 0 Å². The molecular weight excluding hydrogens is 404 g/mol. The minimum absolute atomic E-state index is 0.120. The number of aromatic nitrogens is 2. The average Bonchev–Trinajstić information content (AvgIpc) is 3.02. The van der Waals surface area contributed by atoms with Gasteiger partial charge in [-0.25, -0.2) is 4.79 Å². The summed E-state index contributed by atoms with van der Waals surface area (Å²) in [5, 5.41) is 15.6. The number of nitrogens with two attached hydrogens (primary N) is 1. The van der Waals surface area contributed by atoms with Gasteiger partial charge in [0.1, 0.15) is 5.56 Å². The summed E-state index contributed by atoms with van der Waals surface area (Å²) in [4.78, 5) is 24.8. The molecule has 0 spiro atoms. The van der Waals surface area contributed by atoms with Crippen LogP contribution in [0.4, 0.5) is 22.0 Å². The van der Waals surface area contributed by atoms with Crippen molar-refractivity contribution < 1.29 is 9.59 Å². The second-order valence-corrected chi connectivity index (χ2v) is 8.17. The van der Waals surface area contributed by atoms with Crippen LogP contribution < -0.4 is 21.7 Å². The van der Waals surface area contributed by atoms with Gasteiger partial charge in [0, 0.05) is 27.5 Å². The lowest BCUT2D eigenvalue weighted by Crippen LogP contribution is -2.40. The molecule has 0 aliphatic rings. The normalized spacial score (nSPS) is 11.1. The molecule has 3 amide bonds. The monoisotopic (exact) mass is 426 g/mol. The van der Waals surface area contributed by atoms with Gasteiger partial charge >= 0.3 is 6.03 Å². The van der Waals surface area contributed by atoms with Crippen LogP contribution in [0, 0.1) is 0 Å². The highest BCUT2D eigenvalue weighted by atomic mass is 35.5. The number of benzene rings is 2. The second-order valence-electron chi connectivity index (χ2n) is 7.73. The number of anilines is 3. The van der Waals surface area contributed by atoms with E-state index in [0.717, 1.165) is 0 Å². The van der Waals surface area contributed by atoms with E-state index in [4.69, 9.17) is 17.3 Å². The Kier molecular flexibility index (Phi) is 5.98. The van der Waals surface area contributed by atoms with Crippen molar-refractivity contribution in [3.05, 3.63) is 59.1 Å². The van der Waals surface area contributed by atoms with Crippen LogP contribution in [0.1, 0.15) is 31.1 Å². The smallest absolute Gasteiger partial charge is 0.323 e. The van der Waals surface area contributed by atoms with Gasteiger partial charge in [-0.1, -0.05) is 29.8 Å². The zero-order chi connectivity index (χ0) is 21.9. The summed E-state index contributed by atoms with van der Waals surface area (Å²) < 4.78 is 0. The van der Waals surface area contributed by atoms with E-state index >= 15 is 0 Å². The van der Waals surface area contributed by atoms with Gasteiger partial charge in [0.15, 0.2) is 5.82 Å². The van der Waals surface area contributed by atoms with Crippen LogP contribution in [0.2, 0.25) is 5.02 Å². The van der Waals surface area contributed by atoms with Crippen LogP contribution in [-0.2, 0) is 0 Å². The molecule has 0 aliphatic carbocycles. The largest absolute Gasteiger partial charge is 0.382 e. The molecule has 9 heteroatoms. The number of nitrogen functional groups attached to an aromatic ring is 1. The summed E-state index contributed by atoms with van der Waals surface area (Å²) in [6.07, 6.45) is 0. The number of amides is 3. The van der Waals surface area contributed by atoms with Crippen molar-refractivity contribution in [2.45, 2.75) is 26.3 Å². The van der Waals surface area contributed by atoms with Crippen LogP contribution >= 0.6 is 11.6 Å². The van der Waals surface area contributed by atoms with Gasteiger partial charge in [-0.3, -0.25) is 9.89 Å². The Morgan fingerprint density at radius 3 is 2.33 bits per heavy atom. The molecule has 3 rings (SSSR count). The number of rotatable bonds is 4. The topological polar surface area (TPSA) is 125 Å². The maximum Gasteiger partial charge on any atom is 0.323 e. The summed E-state index contributed by atoms with van der Waals surface area (Å²) in [6, 6.07) is 13.4. The van der Waals surface area contributed by atoms with E-state index in [1.54, 1.807) is 48.5 Å². The Balaban J connectivity index is 1.73. The Bertz CT molecular complexity index is 1070. The van der Waals surface area contributed by atoms with Gasteiger partial charge in [0.05, 0.1) is 5.69 Å². The van der Waals surface area contributed by atoms with Crippen molar-refractivity contribution >= 4 is 40.7 Å². The fourth-order valence-electron chi connectivity index (χ4n) is 2.78. The first kappa shape index (κ1) is 21.2. The average molecular weight is 427 g/mol. The van der Waals surface area contributed by atoms with E-state index < -0.39 is 11.6 Å². The molecule has 0 saturated carbocycles. The summed E-state index contributed by atoms with van der Waals surface area (Å²) in [7, 11) is 0. The Morgan fingerprint density at radius 2 is 1.70 bits per heavy atom. The van der Waals surface area contributed by atoms with Crippen LogP contribution in [0.5, 0.6) is 0 Å². The first-order chi connectivity index (χ1) is 14.1. The zero-order valence-electron chi connectivity index (χ0n) is 16.8. The van der Waals surface area contributed by atoms with E-state index in [0.29, 0.717) is 27.7 Å². The Labute approximate surface area is 179 Å². The number of nitrogens with zero attached hydrogens (tertiary/aromatic N) is 1. The quantitative estimate of drug-likeness (QED) is 0.421. The molecule has 156 valence electrons. The lowest BCUT2D eigenvalue weighted by molar-refractivity contribution is 0.0921. The third kappa shape index (κ3) is 5.30. The van der Waals surface area contributed by atoms with Crippen molar-refractivity contribution in [2.75, 3.05) is 16.4 Å². The fourth-order valence-corrected chi connectivity index (χ4v) is 2.97. The Hall–Kier alpha value is -3.52. The number of hydrogen-bond donors (Lipinski definition) is 5. The van der Waals surface area contributed by atoms with Gasteiger partial charge in [-0.05, 0) is 51.1 Å². The number of H-pyrrole nitrogens is 1. The van der Waals surface area contributed by atoms with E-state index in [-0.39, 0.29) is 17.3 Å². The van der Waals surface area contributed by atoms with Crippen molar-refractivity contribution in [2.24, 2.45) is 0 Å². The summed E-state index contributed by atoms with van der Waals surface area (Å²) in [5.41, 5.74) is 8.14. The molecule has 3 aromatic rings. The molecule has 0 unspecified atom stereocenters. The molecule has 0 fully saturated rings. The first-order valence-corrected chi connectivity index (χ1v) is 9.60. The number of hydrogen-bond acceptors (Lipinski definition) is 4. The molecule has 0 atom stereocenters. The third-order valence-corrected chi connectivity index (χ3v) is 4.26. The number of halogens is 1. The maximum absolute atomic E-state index is 12.6. The lowest BCUT2D eigenvalue weighted by Gasteiger charge is -2.20. The maximum atomic E-state index is 12.6. The molecule has 0 saturated heterocycles. The van der Waals surface area contributed by atoms with Crippen LogP contribution in [0.15, 0.2) is 48.5 Å². The molecule has 0 bridgehead atoms. The van der Waals surface area contributed by atoms with E-state index in [9.17, 15) is 9.59 Å². The van der Waals surface area contributed by atoms with Gasteiger partial charge in [-0.2, -0.15) is 5.10 Å². The van der Waals surface area contributed by atoms with Gasteiger partial charge < -0.3 is 21.7 Å². The molecule has 1 heterocycles. The third-order valence-electron chi connectivity index (χ3n) is 4.02. The molecule has 30 heavy (non-hydrogen) atoms. The molecule has 0 aliphatic heterocycles. The number of carbonyl (C=O) groups is 2. The molecule has 1 aromatic heterocycles. The van der Waals surface area contributed by atoms with Gasteiger partial charge in [0.2, 0.25) is 0 Å². The molecular formula is C21H23ClN6O2. The van der Waals surface area contributed by atoms with Gasteiger partial charge in [0.25, 0.3) is 5.91 Å². The molecule has 8 nitrogen and oxygen atoms in total. The van der Waals surface area contributed by atoms with E-state index in [2.05, 4.69) is 26.1 Å². The number of urea groups is 1. The van der Waals surface area contributed by atoms with E-state index in [1.807, 2.05) is 20.8 Å². The first-order valence-electron chi connectivity index (χ1n) is 9.23. The highest BCUT2D eigenvalue weighted by molar-refractivity contribution is 6.30. The minimum atomic E-state index is -0.415. The van der Waals surface area contributed by atoms with Crippen molar-refractivity contribution in [1.82, 2.24) is 15.5 Å². The zero-order valence-corrected chi connectivity index (χ0v) is 17.6. The summed E-state index contributed by atoms with van der Waals surface area (Å²) in [6.45, 7) is 5.65. The number of carbonyl (C=O) groups excluding carboxylic acids is 2. The standard InChI is InChI=1S/C21H23ClN6O2/c1-21(2,3)26-19(29)16-17(27-28-18(16)23)12-7-9-14(10-8-12)24-20(30)25-15-6-4-5-13(22)11-15/h4-11H,1-3H3,(H,26,29)(H3,23,27,28)(H2,24,25,30). The highest BCUT2D eigenvalue weighted by Crippen LogP contribution is 2.27. The minimum Gasteiger partial charge on any atom is -0.382 e. The van der Waals surface area contributed by atoms with Crippen LogP contribution in [-0.4, -0.2) is 27.7 Å². The number of nitrogens with one attached hydrogen (secondary N) is 4. The molecule has 0 radical (unpaired) electrons. The van der Waals surface area contributed by atoms with Gasteiger partial charge in [-0.15, -0.1) is 0 Å². The molecule has 2 aromatic carbocycles. The lowest BCUT2D eigenvalue weighted by atomic mass is 10.0. The fraction of sp³-hybridized carbons (Fsp3) is 0.190. The summed E-state index contributed by atoms with van der Waals surface area (Å²) in [5.74, 6) is -0.193. The highest BCUT2D eigenvalue weighted by Gasteiger charge is 2.23. The SMILES string of the molecule is CC(C)(C)NC(=O)c1c(N)n[nH]c1-c1ccc(NC(=O)Nc2cccc(Cl)c2)cc1. The summed E-state index contributed by atoms with van der Waals surface area (Å²) >= 11 is 5.92. The van der Waals surface area contributed by atoms with Crippen molar-refractivity contribution in [3.63, 3.8) is 0 Å². The predicted octanol–water partition coefficient (Wildman–Crippen LogP) is 4.48. The van der Waals surface area contributed by atoms with Crippen molar-refractivity contribution in [3.8, 4) is 11.3 Å². The Morgan fingerprint density at radius 1 is 1.03 bits per heavy atom. The van der Waals surface area contributed by atoms with Crippen molar-refractivity contribution in [1.29, 1.82) is 0 Å². The molecule has 6 N–H and O–H groups in total. The predicted molar refractivity (Wildman–Crippen MR) is 120 cm³/mol.